The van der Waals surface area contributed by atoms with Gasteiger partial charge in [0, 0.05) is 65.8 Å². The molecule has 10 aromatic carbocycles. The van der Waals surface area contributed by atoms with Crippen LogP contribution in [-0.2, 0) is 57.6 Å². The molecule has 0 aromatic heterocycles. The van der Waals surface area contributed by atoms with E-state index in [-0.39, 0.29) is 11.4 Å². The van der Waals surface area contributed by atoms with Crippen molar-refractivity contribution in [3.63, 3.8) is 0 Å². The SMILES string of the molecule is C[Si]1(c2ccc([N+](=O)[O-])cc2)O[Si]2(c3ccccc3)O[Si]3(c4ccccc4)O[Si]4(c5ccccc5)O[Si](C)(c5ccc([N+](=O)[O-])cc5)O[Si]5(c6ccccc6)O[Si](c6ccccc6)(O[Si](c6ccccc6)(O1)O[Si](c1ccccc1)(O5)O[Si](c1ccccc1)(O2)O4)O3. The first kappa shape index (κ1) is 60.8. The highest BCUT2D eigenvalue weighted by Crippen LogP contribution is 2.47. The first-order valence-corrected chi connectivity index (χ1v) is 47.8. The van der Waals surface area contributed by atoms with Gasteiger partial charge in [-0.05, 0) is 23.5 Å². The highest BCUT2D eigenvalue weighted by Gasteiger charge is 2.84. The summed E-state index contributed by atoms with van der Waals surface area (Å²) in [4.78, 5) is 24.4. The molecule has 0 spiro atoms. The van der Waals surface area contributed by atoms with Crippen molar-refractivity contribution in [2.45, 2.75) is 13.1 Å². The van der Waals surface area contributed by atoms with Crippen LogP contribution >= 0.6 is 0 Å². The summed E-state index contributed by atoms with van der Waals surface area (Å²) in [5.41, 5.74) is -0.389. The fraction of sp³-hybridized carbons (Fsp3) is 0.0323. The number of non-ortho nitro benzene ring substituents is 2. The zero-order chi connectivity index (χ0) is 62.9. The van der Waals surface area contributed by atoms with E-state index in [0.29, 0.717) is 51.9 Å². The summed E-state index contributed by atoms with van der Waals surface area (Å²) in [6, 6.07) is 85.5. The van der Waals surface area contributed by atoms with E-state index in [2.05, 4.69) is 0 Å². The highest BCUT2D eigenvalue weighted by atomic mass is 28.6. The third-order valence-electron chi connectivity index (χ3n) is 16.2. The average molecular weight is 1400 g/mol. The molecule has 0 atom stereocenters. The van der Waals surface area contributed by atoms with E-state index in [1.54, 1.807) is 24.3 Å². The molecule has 0 radical (unpaired) electrons. The molecule has 92 heavy (non-hydrogen) atoms. The monoisotopic (exact) mass is 1390 g/mol. The van der Waals surface area contributed by atoms with Gasteiger partial charge in [0.05, 0.1) is 9.85 Å². The lowest BCUT2D eigenvalue weighted by molar-refractivity contribution is -0.385. The van der Waals surface area contributed by atoms with Crippen molar-refractivity contribution < 1.29 is 67.5 Å². The lowest BCUT2D eigenvalue weighted by Gasteiger charge is -2.60. The topological polar surface area (TPSA) is 215 Å². The van der Waals surface area contributed by atoms with Gasteiger partial charge in [-0.1, -0.05) is 267 Å². The Bertz CT molecular complexity index is 3820. The summed E-state index contributed by atoms with van der Waals surface area (Å²) in [6.45, 7) is 3.62. The van der Waals surface area contributed by atoms with E-state index in [1.807, 2.05) is 256 Å². The number of nitrogens with zero attached hydrogens (tertiary/aromatic N) is 2. The largest absolute Gasteiger partial charge is 0.515 e. The third-order valence-corrected chi connectivity index (χ3v) is 59.3. The minimum Gasteiger partial charge on any atom is -0.387 e. The lowest BCUT2D eigenvalue weighted by Crippen LogP contribution is -2.94. The Morgan fingerprint density at radius 1 is 0.207 bits per heavy atom. The number of benzene rings is 10. The van der Waals surface area contributed by atoms with Gasteiger partial charge >= 0.3 is 87.6 Å². The predicted molar refractivity (Wildman–Crippen MR) is 359 cm³/mol. The Morgan fingerprint density at radius 2 is 0.348 bits per heavy atom. The summed E-state index contributed by atoms with van der Waals surface area (Å²) < 4.78 is 118. The van der Waals surface area contributed by atoms with Crippen LogP contribution in [0.2, 0.25) is 13.1 Å². The minimum absolute atomic E-state index is 0.195. The molecule has 30 heteroatoms. The smallest absolute Gasteiger partial charge is 0.387 e. The van der Waals surface area contributed by atoms with Crippen LogP contribution in [0.15, 0.2) is 291 Å². The van der Waals surface area contributed by atoms with E-state index in [0.717, 1.165) is 0 Å². The Balaban J connectivity index is 1.22. The lowest BCUT2D eigenvalue weighted by atomic mass is 10.3. The molecule has 0 aliphatic carbocycles. The third kappa shape index (κ3) is 10.5. The molecule has 6 aliphatic rings. The van der Waals surface area contributed by atoms with Gasteiger partial charge in [0.25, 0.3) is 11.4 Å². The Kier molecular flexibility index (Phi) is 15.4. The molecule has 0 unspecified atom stereocenters. The number of hydrogen-bond acceptors (Lipinski definition) is 18. The van der Waals surface area contributed by atoms with Gasteiger partial charge in [0.15, 0.2) is 0 Å². The van der Waals surface area contributed by atoms with E-state index in [9.17, 15) is 20.2 Å². The van der Waals surface area contributed by atoms with Crippen molar-refractivity contribution >= 4 is 151 Å². The molecule has 0 saturated carbocycles. The summed E-state index contributed by atoms with van der Waals surface area (Å²) in [7, 11) is -52.6. The first-order chi connectivity index (χ1) is 44.6. The van der Waals surface area contributed by atoms with Crippen LogP contribution in [0, 0.1) is 20.2 Å². The Morgan fingerprint density at radius 3 is 0.489 bits per heavy atom. The van der Waals surface area contributed by atoms with E-state index in [1.165, 1.54) is 24.3 Å². The standard InChI is InChI=1S/C62H54N2O18Si10/c1-83(53-47-43-51(44-48-53)63(65)66)69-85(55-27-11-3-12-28-55)73-89(59-35-19-7-20-36-59)77-87(57-31-15-5-16-32-57)71-84(2,54-49-45-52(46-50-54)64(67)68)72-88(58-33-17-6-18-34-58)79-91(81-89,61-39-23-9-24-40-61)75-86(70-83,56-29-13-4-14-30-56)76-92(80-88,62-41-25-10-26-42-62)82-90(74-85,78-87)60-37-21-8-22-38-60/h3-50H,1-2H3. The summed E-state index contributed by atoms with van der Waals surface area (Å²) in [5, 5.41) is 28.9. The van der Waals surface area contributed by atoms with Gasteiger partial charge in [-0.3, -0.25) is 20.2 Å². The quantitative estimate of drug-likeness (QED) is 0.0910. The fourth-order valence-corrected chi connectivity index (χ4v) is 67.9. The van der Waals surface area contributed by atoms with E-state index >= 15 is 0 Å². The molecule has 0 N–H and O–H groups in total. The van der Waals surface area contributed by atoms with Crippen molar-refractivity contribution in [3.8, 4) is 0 Å². The zero-order valence-electron chi connectivity index (χ0n) is 49.0. The van der Waals surface area contributed by atoms with Gasteiger partial charge in [0.1, 0.15) is 0 Å². The molecular weight excluding hydrogens is 1340 g/mol. The second kappa shape index (κ2) is 23.3. The van der Waals surface area contributed by atoms with Crippen LogP contribution in [0.3, 0.4) is 0 Å². The van der Waals surface area contributed by atoms with Gasteiger partial charge in [-0.15, -0.1) is 0 Å². The van der Waals surface area contributed by atoms with Crippen LogP contribution in [0.5, 0.6) is 0 Å². The molecule has 6 fully saturated rings. The normalized spacial score (nSPS) is 31.6. The van der Waals surface area contributed by atoms with Crippen molar-refractivity contribution in [1.82, 2.24) is 0 Å². The van der Waals surface area contributed by atoms with Crippen LogP contribution in [0.4, 0.5) is 11.4 Å². The second-order valence-electron chi connectivity index (χ2n) is 22.3. The minimum atomic E-state index is -5.46. The Hall–Kier alpha value is -7.39. The maximum absolute atomic E-state index is 12.7. The summed E-state index contributed by atoms with van der Waals surface area (Å²) in [6.07, 6.45) is 0. The van der Waals surface area contributed by atoms with Gasteiger partial charge < -0.3 is 57.6 Å². The van der Waals surface area contributed by atoms with Crippen LogP contribution < -0.4 is 51.9 Å². The predicted octanol–water partition coefficient (Wildman–Crippen LogP) is 4.83. The number of nitro groups is 2. The molecule has 6 heterocycles. The molecule has 6 saturated heterocycles. The maximum atomic E-state index is 12.7. The average Bonchev–Trinajstić information content (AvgIpc) is 0.678. The highest BCUT2D eigenvalue weighted by molar-refractivity contribution is 7.14. The summed E-state index contributed by atoms with van der Waals surface area (Å²) >= 11 is 0. The van der Waals surface area contributed by atoms with Gasteiger partial charge in [0.2, 0.25) is 0 Å². The zero-order valence-corrected chi connectivity index (χ0v) is 59.0. The molecule has 8 bridgehead atoms. The maximum Gasteiger partial charge on any atom is 0.515 e. The molecule has 16 rings (SSSR count). The molecule has 6 aliphatic heterocycles. The van der Waals surface area contributed by atoms with Crippen LogP contribution in [0.25, 0.3) is 0 Å². The Labute approximate surface area is 539 Å². The molecule has 0 amide bonds. The fourth-order valence-electron chi connectivity index (χ4n) is 11.9. The van der Waals surface area contributed by atoms with Gasteiger partial charge in [-0.2, -0.15) is 0 Å². The number of rotatable bonds is 12. The number of nitro benzene ring substituents is 2. The van der Waals surface area contributed by atoms with Crippen LogP contribution in [0.1, 0.15) is 0 Å². The second-order valence-corrected chi connectivity index (χ2v) is 52.2. The number of hydrogen-bond donors (Lipinski definition) is 0. The van der Waals surface area contributed by atoms with E-state index in [4.69, 9.17) is 57.6 Å². The molecule has 20 nitrogen and oxygen atoms in total. The first-order valence-electron chi connectivity index (χ1n) is 29.3. The molecule has 460 valence electrons. The van der Waals surface area contributed by atoms with Crippen molar-refractivity contribution in [1.29, 1.82) is 0 Å². The van der Waals surface area contributed by atoms with Crippen molar-refractivity contribution in [2.24, 2.45) is 0 Å². The molecular formula is C62H54N2O18Si10. The van der Waals surface area contributed by atoms with Crippen molar-refractivity contribution in [2.75, 3.05) is 0 Å². The number of fused-ring (bicyclic) bond motifs is 4. The van der Waals surface area contributed by atoms with Crippen LogP contribution in [-0.4, -0.2) is 97.4 Å². The van der Waals surface area contributed by atoms with Crippen molar-refractivity contribution in [3.05, 3.63) is 311 Å². The van der Waals surface area contributed by atoms with E-state index < -0.39 is 97.4 Å². The van der Waals surface area contributed by atoms with Gasteiger partial charge in [-0.25, -0.2) is 0 Å². The summed E-state index contributed by atoms with van der Waals surface area (Å²) in [5.74, 6) is 0. The molecule has 10 aromatic rings.